The van der Waals surface area contributed by atoms with E-state index in [-0.39, 0.29) is 0 Å². The van der Waals surface area contributed by atoms with E-state index in [1.807, 2.05) is 37.6 Å². The molecule has 0 aliphatic heterocycles. The van der Waals surface area contributed by atoms with Gasteiger partial charge in [0.2, 0.25) is 0 Å². The minimum absolute atomic E-state index is 0.696. The third-order valence-electron chi connectivity index (χ3n) is 2.80. The molecular weight excluding hydrogens is 234 g/mol. The number of halogens is 1. The molecule has 1 aromatic heterocycles. The number of aromatic nitrogens is 1. The number of nitrogen functional groups attached to an aromatic ring is 1. The lowest BCUT2D eigenvalue weighted by molar-refractivity contribution is 0.879. The van der Waals surface area contributed by atoms with Crippen molar-refractivity contribution in [2.75, 3.05) is 24.2 Å². The third kappa shape index (κ3) is 2.74. The molecule has 0 atom stereocenters. The van der Waals surface area contributed by atoms with Crippen LogP contribution in [-0.4, -0.2) is 18.6 Å². The van der Waals surface area contributed by atoms with Crippen molar-refractivity contribution in [1.29, 1.82) is 0 Å². The van der Waals surface area contributed by atoms with E-state index in [9.17, 15) is 0 Å². The van der Waals surface area contributed by atoms with Crippen LogP contribution in [0.3, 0.4) is 0 Å². The molecule has 0 bridgehead atoms. The SMILES string of the molecule is CN(CCc1cc[nH]c1)c1c(N)cccc1Cl. The molecule has 0 saturated carbocycles. The molecule has 1 heterocycles. The average Bonchev–Trinajstić information content (AvgIpc) is 2.79. The fourth-order valence-electron chi connectivity index (χ4n) is 1.86. The van der Waals surface area contributed by atoms with Gasteiger partial charge in [-0.25, -0.2) is 0 Å². The van der Waals surface area contributed by atoms with Crippen molar-refractivity contribution in [2.45, 2.75) is 6.42 Å². The predicted molar refractivity (Wildman–Crippen MR) is 73.6 cm³/mol. The highest BCUT2D eigenvalue weighted by Crippen LogP contribution is 2.30. The van der Waals surface area contributed by atoms with Gasteiger partial charge in [0, 0.05) is 26.0 Å². The number of nitrogens with one attached hydrogen (secondary N) is 1. The summed E-state index contributed by atoms with van der Waals surface area (Å²) in [5, 5.41) is 0.696. The summed E-state index contributed by atoms with van der Waals surface area (Å²) in [6, 6.07) is 7.67. The van der Waals surface area contributed by atoms with E-state index in [0.717, 1.165) is 18.7 Å². The average molecular weight is 250 g/mol. The topological polar surface area (TPSA) is 45.0 Å². The molecule has 3 nitrogen and oxygen atoms in total. The molecule has 17 heavy (non-hydrogen) atoms. The Morgan fingerprint density at radius 2 is 2.18 bits per heavy atom. The van der Waals surface area contributed by atoms with E-state index in [4.69, 9.17) is 17.3 Å². The second kappa shape index (κ2) is 5.15. The molecule has 2 rings (SSSR count). The zero-order valence-electron chi connectivity index (χ0n) is 9.78. The summed E-state index contributed by atoms with van der Waals surface area (Å²) in [5.74, 6) is 0. The van der Waals surface area contributed by atoms with Crippen LogP contribution in [0.2, 0.25) is 5.02 Å². The molecule has 1 aromatic carbocycles. The number of aromatic amines is 1. The number of benzene rings is 1. The van der Waals surface area contributed by atoms with Crippen molar-refractivity contribution in [3.63, 3.8) is 0 Å². The monoisotopic (exact) mass is 249 g/mol. The van der Waals surface area contributed by atoms with Gasteiger partial charge in [0.1, 0.15) is 0 Å². The van der Waals surface area contributed by atoms with Crippen LogP contribution < -0.4 is 10.6 Å². The summed E-state index contributed by atoms with van der Waals surface area (Å²) in [4.78, 5) is 5.13. The number of likely N-dealkylation sites (N-methyl/N-ethyl adjacent to an activating group) is 1. The Hall–Kier alpha value is -1.61. The Morgan fingerprint density at radius 3 is 2.82 bits per heavy atom. The number of nitrogens with zero attached hydrogens (tertiary/aromatic N) is 1. The number of H-pyrrole nitrogens is 1. The Morgan fingerprint density at radius 1 is 1.35 bits per heavy atom. The molecule has 0 radical (unpaired) electrons. The van der Waals surface area contributed by atoms with Gasteiger partial charge in [0.15, 0.2) is 0 Å². The second-order valence-electron chi connectivity index (χ2n) is 4.07. The van der Waals surface area contributed by atoms with E-state index >= 15 is 0 Å². The van der Waals surface area contributed by atoms with Crippen molar-refractivity contribution in [2.24, 2.45) is 0 Å². The van der Waals surface area contributed by atoms with Crippen LogP contribution in [0.4, 0.5) is 11.4 Å². The van der Waals surface area contributed by atoms with Gasteiger partial charge >= 0.3 is 0 Å². The van der Waals surface area contributed by atoms with Gasteiger partial charge in [-0.15, -0.1) is 0 Å². The lowest BCUT2D eigenvalue weighted by atomic mass is 10.2. The quantitative estimate of drug-likeness (QED) is 0.819. The Bertz CT molecular complexity index is 459. The number of hydrogen-bond acceptors (Lipinski definition) is 2. The largest absolute Gasteiger partial charge is 0.397 e. The molecule has 2 aromatic rings. The fraction of sp³-hybridized carbons (Fsp3) is 0.231. The number of nitrogens with two attached hydrogens (primary N) is 1. The lowest BCUT2D eigenvalue weighted by Gasteiger charge is -2.22. The predicted octanol–water partition coefficient (Wildman–Crippen LogP) is 2.93. The van der Waals surface area contributed by atoms with Crippen LogP contribution in [0.1, 0.15) is 5.56 Å². The van der Waals surface area contributed by atoms with Gasteiger partial charge in [0.05, 0.1) is 16.4 Å². The molecule has 0 aliphatic carbocycles. The van der Waals surface area contributed by atoms with Gasteiger partial charge in [-0.3, -0.25) is 0 Å². The second-order valence-corrected chi connectivity index (χ2v) is 4.48. The molecule has 0 amide bonds. The molecule has 0 spiro atoms. The minimum Gasteiger partial charge on any atom is -0.397 e. The third-order valence-corrected chi connectivity index (χ3v) is 3.10. The molecule has 0 unspecified atom stereocenters. The standard InChI is InChI=1S/C13H16ClN3/c1-17(8-6-10-5-7-16-9-10)13-11(14)3-2-4-12(13)15/h2-5,7,9,16H,6,8,15H2,1H3. The van der Waals surface area contributed by atoms with Crippen LogP contribution in [0.15, 0.2) is 36.7 Å². The van der Waals surface area contributed by atoms with Crippen molar-refractivity contribution in [1.82, 2.24) is 4.98 Å². The summed E-state index contributed by atoms with van der Waals surface area (Å²) in [5.41, 5.74) is 8.84. The van der Waals surface area contributed by atoms with Crippen LogP contribution in [0.25, 0.3) is 0 Å². The van der Waals surface area contributed by atoms with Gasteiger partial charge in [-0.2, -0.15) is 0 Å². The summed E-state index contributed by atoms with van der Waals surface area (Å²) < 4.78 is 0. The van der Waals surface area contributed by atoms with E-state index < -0.39 is 0 Å². The normalized spacial score (nSPS) is 10.5. The number of para-hydroxylation sites is 1. The first-order valence-corrected chi connectivity index (χ1v) is 5.93. The van der Waals surface area contributed by atoms with Crippen molar-refractivity contribution in [3.05, 3.63) is 47.2 Å². The molecule has 90 valence electrons. The van der Waals surface area contributed by atoms with Crippen molar-refractivity contribution < 1.29 is 0 Å². The summed E-state index contributed by atoms with van der Waals surface area (Å²) in [6.45, 7) is 0.881. The van der Waals surface area contributed by atoms with Crippen LogP contribution in [0.5, 0.6) is 0 Å². The van der Waals surface area contributed by atoms with Crippen LogP contribution in [0, 0.1) is 0 Å². The van der Waals surface area contributed by atoms with Crippen LogP contribution >= 0.6 is 11.6 Å². The molecule has 0 fully saturated rings. The minimum atomic E-state index is 0.696. The Balaban J connectivity index is 2.07. The van der Waals surface area contributed by atoms with E-state index in [1.54, 1.807) is 0 Å². The first kappa shape index (κ1) is 11.9. The molecule has 0 saturated heterocycles. The first-order chi connectivity index (χ1) is 8.18. The zero-order valence-corrected chi connectivity index (χ0v) is 10.5. The maximum absolute atomic E-state index is 6.16. The fourth-order valence-corrected chi connectivity index (χ4v) is 2.18. The van der Waals surface area contributed by atoms with E-state index in [0.29, 0.717) is 10.7 Å². The number of anilines is 2. The maximum Gasteiger partial charge on any atom is 0.0786 e. The molecular formula is C13H16ClN3. The van der Waals surface area contributed by atoms with Gasteiger partial charge in [-0.1, -0.05) is 17.7 Å². The highest BCUT2D eigenvalue weighted by Gasteiger charge is 2.09. The van der Waals surface area contributed by atoms with E-state index in [2.05, 4.69) is 16.0 Å². The van der Waals surface area contributed by atoms with Gasteiger partial charge < -0.3 is 15.6 Å². The van der Waals surface area contributed by atoms with Crippen molar-refractivity contribution in [3.8, 4) is 0 Å². The van der Waals surface area contributed by atoms with Crippen LogP contribution in [-0.2, 0) is 6.42 Å². The molecule has 0 aliphatic rings. The highest BCUT2D eigenvalue weighted by atomic mass is 35.5. The summed E-state index contributed by atoms with van der Waals surface area (Å²) >= 11 is 6.16. The zero-order chi connectivity index (χ0) is 12.3. The van der Waals surface area contributed by atoms with E-state index in [1.165, 1.54) is 5.56 Å². The number of hydrogen-bond donors (Lipinski definition) is 2. The Labute approximate surface area is 106 Å². The first-order valence-electron chi connectivity index (χ1n) is 5.55. The van der Waals surface area contributed by atoms with Gasteiger partial charge in [-0.05, 0) is 30.2 Å². The molecule has 3 N–H and O–H groups in total. The van der Waals surface area contributed by atoms with Gasteiger partial charge in [0.25, 0.3) is 0 Å². The number of rotatable bonds is 4. The highest BCUT2D eigenvalue weighted by molar-refractivity contribution is 6.33. The summed E-state index contributed by atoms with van der Waals surface area (Å²) in [6.07, 6.45) is 4.90. The lowest BCUT2D eigenvalue weighted by Crippen LogP contribution is -2.21. The maximum atomic E-state index is 6.16. The molecule has 4 heteroatoms. The Kier molecular flexibility index (Phi) is 3.59. The van der Waals surface area contributed by atoms with Crippen molar-refractivity contribution >= 4 is 23.0 Å². The smallest absolute Gasteiger partial charge is 0.0786 e. The summed E-state index contributed by atoms with van der Waals surface area (Å²) in [7, 11) is 2.00.